The fourth-order valence-electron chi connectivity index (χ4n) is 3.79. The molecule has 3 heterocycles. The highest BCUT2D eigenvalue weighted by atomic mass is 19.1. The number of hydrogen-bond acceptors (Lipinski definition) is 3. The minimum Gasteiger partial charge on any atom is -0.361 e. The zero-order chi connectivity index (χ0) is 19.0. The molecule has 0 saturated carbocycles. The van der Waals surface area contributed by atoms with Crippen LogP contribution in [0.1, 0.15) is 30.1 Å². The molecule has 1 saturated heterocycles. The monoisotopic (exact) mass is 366 g/mol. The van der Waals surface area contributed by atoms with E-state index in [1.54, 1.807) is 12.1 Å². The molecule has 5 nitrogen and oxygen atoms in total. The summed E-state index contributed by atoms with van der Waals surface area (Å²) < 4.78 is 15.2. The van der Waals surface area contributed by atoms with Crippen molar-refractivity contribution in [2.45, 2.75) is 25.3 Å². The summed E-state index contributed by atoms with van der Waals surface area (Å²) in [5.74, 6) is 0.672. The van der Waals surface area contributed by atoms with E-state index >= 15 is 0 Å². The summed E-state index contributed by atoms with van der Waals surface area (Å²) in [5, 5.41) is 0. The molecule has 140 valence electrons. The van der Waals surface area contributed by atoms with Crippen molar-refractivity contribution in [3.8, 4) is 0 Å². The molecule has 1 aromatic carbocycles. The van der Waals surface area contributed by atoms with Crippen LogP contribution in [0.3, 0.4) is 0 Å². The Kier molecular flexibility index (Phi) is 4.56. The average Bonchev–Trinajstić information content (AvgIpc) is 3.31. The minimum atomic E-state index is -0.286. The minimum absolute atomic E-state index is 0.0246. The lowest BCUT2D eigenvalue weighted by Gasteiger charge is -2.26. The lowest BCUT2D eigenvalue weighted by atomic mass is 10.1. The highest BCUT2D eigenvalue weighted by Gasteiger charge is 2.31. The molecule has 0 bridgehead atoms. The van der Waals surface area contributed by atoms with Gasteiger partial charge in [0.05, 0.1) is 23.7 Å². The van der Waals surface area contributed by atoms with Crippen molar-refractivity contribution in [3.63, 3.8) is 0 Å². The van der Waals surface area contributed by atoms with Gasteiger partial charge < -0.3 is 14.2 Å². The van der Waals surface area contributed by atoms with Gasteiger partial charge in [0.1, 0.15) is 5.82 Å². The number of aromatic nitrogens is 2. The van der Waals surface area contributed by atoms with Crippen molar-refractivity contribution in [2.75, 3.05) is 25.5 Å². The van der Waals surface area contributed by atoms with Gasteiger partial charge in [0, 0.05) is 33.0 Å². The van der Waals surface area contributed by atoms with Gasteiger partial charge in [0.15, 0.2) is 5.82 Å². The summed E-state index contributed by atoms with van der Waals surface area (Å²) in [4.78, 5) is 21.7. The van der Waals surface area contributed by atoms with E-state index in [2.05, 4.69) is 4.40 Å². The molecule has 0 unspecified atom stereocenters. The molecule has 0 radical (unpaired) electrons. The molecule has 6 heteroatoms. The number of benzene rings is 1. The highest BCUT2D eigenvalue weighted by molar-refractivity contribution is 5.79. The van der Waals surface area contributed by atoms with E-state index < -0.39 is 0 Å². The molecule has 1 aliphatic heterocycles. The van der Waals surface area contributed by atoms with E-state index in [9.17, 15) is 9.18 Å². The smallest absolute Gasteiger partial charge is 0.227 e. The third-order valence-corrected chi connectivity index (χ3v) is 5.12. The van der Waals surface area contributed by atoms with Crippen molar-refractivity contribution < 1.29 is 9.18 Å². The molecule has 0 aliphatic carbocycles. The maximum absolute atomic E-state index is 13.1. The van der Waals surface area contributed by atoms with Crippen LogP contribution in [-0.2, 0) is 11.2 Å². The van der Waals surface area contributed by atoms with Crippen molar-refractivity contribution >= 4 is 17.2 Å². The van der Waals surface area contributed by atoms with Gasteiger partial charge >= 0.3 is 0 Å². The number of anilines is 1. The van der Waals surface area contributed by atoms with Gasteiger partial charge in [-0.05, 0) is 42.7 Å². The van der Waals surface area contributed by atoms with Crippen LogP contribution in [0.25, 0.3) is 5.52 Å². The first kappa shape index (κ1) is 17.5. The number of amides is 1. The highest BCUT2D eigenvalue weighted by Crippen LogP contribution is 2.33. The molecule has 4 rings (SSSR count). The molecule has 1 aliphatic rings. The largest absolute Gasteiger partial charge is 0.361 e. The van der Waals surface area contributed by atoms with Crippen molar-refractivity contribution in [2.24, 2.45) is 0 Å². The predicted molar refractivity (Wildman–Crippen MR) is 103 cm³/mol. The van der Waals surface area contributed by atoms with Gasteiger partial charge in [0.2, 0.25) is 5.91 Å². The van der Waals surface area contributed by atoms with Crippen LogP contribution in [0.4, 0.5) is 10.2 Å². The van der Waals surface area contributed by atoms with Crippen LogP contribution in [0.5, 0.6) is 0 Å². The van der Waals surface area contributed by atoms with Crippen LogP contribution in [-0.4, -0.2) is 40.8 Å². The number of rotatable bonds is 4. The van der Waals surface area contributed by atoms with Gasteiger partial charge in [-0.15, -0.1) is 0 Å². The Labute approximate surface area is 158 Å². The molecule has 1 amide bonds. The standard InChI is InChI=1S/C21H23FN4O/c1-24(2)21-19-6-3-11-25(19)14-17(23-21)18-5-4-12-26(18)20(27)13-15-7-9-16(22)10-8-15/h3,6-11,14,18H,4-5,12-13H2,1-2H3/t18-/m1/s1. The van der Waals surface area contributed by atoms with Crippen LogP contribution in [0.2, 0.25) is 0 Å². The van der Waals surface area contributed by atoms with E-state index in [1.807, 2.05) is 48.4 Å². The van der Waals surface area contributed by atoms with Gasteiger partial charge in [0.25, 0.3) is 0 Å². The van der Waals surface area contributed by atoms with Crippen LogP contribution in [0.15, 0.2) is 48.8 Å². The van der Waals surface area contributed by atoms with E-state index in [0.29, 0.717) is 0 Å². The lowest BCUT2D eigenvalue weighted by molar-refractivity contribution is -0.131. The zero-order valence-corrected chi connectivity index (χ0v) is 15.6. The Morgan fingerprint density at radius 2 is 2.04 bits per heavy atom. The summed E-state index contributed by atoms with van der Waals surface area (Å²) in [7, 11) is 3.95. The van der Waals surface area contributed by atoms with Crippen LogP contribution < -0.4 is 4.90 Å². The number of likely N-dealkylation sites (tertiary alicyclic amines) is 1. The number of hydrogen-bond donors (Lipinski definition) is 0. The second-order valence-electron chi connectivity index (χ2n) is 7.23. The average molecular weight is 366 g/mol. The molecule has 1 fully saturated rings. The first-order valence-electron chi connectivity index (χ1n) is 9.22. The maximum Gasteiger partial charge on any atom is 0.227 e. The molecular formula is C21H23FN4O. The van der Waals surface area contributed by atoms with Gasteiger partial charge in [-0.25, -0.2) is 9.37 Å². The van der Waals surface area contributed by atoms with Gasteiger partial charge in [-0.3, -0.25) is 4.79 Å². The SMILES string of the molecule is CN(C)c1nc([C@H]2CCCN2C(=O)Cc2ccc(F)cc2)cn2cccc12. The summed E-state index contributed by atoms with van der Waals surface area (Å²) in [5.41, 5.74) is 2.79. The van der Waals surface area contributed by atoms with Crippen LogP contribution >= 0.6 is 0 Å². The van der Waals surface area contributed by atoms with E-state index in [4.69, 9.17) is 4.98 Å². The number of carbonyl (C=O) groups is 1. The van der Waals surface area contributed by atoms with Crippen LogP contribution in [0, 0.1) is 5.82 Å². The molecule has 0 spiro atoms. The second kappa shape index (κ2) is 7.02. The summed E-state index contributed by atoms with van der Waals surface area (Å²) >= 11 is 0. The molecule has 27 heavy (non-hydrogen) atoms. The number of halogens is 1. The molecule has 3 aromatic rings. The Bertz CT molecular complexity index is 964. The first-order chi connectivity index (χ1) is 13.0. The van der Waals surface area contributed by atoms with E-state index in [-0.39, 0.29) is 24.2 Å². The third-order valence-electron chi connectivity index (χ3n) is 5.12. The summed E-state index contributed by atoms with van der Waals surface area (Å²) in [6.45, 7) is 0.730. The maximum atomic E-state index is 13.1. The normalized spacial score (nSPS) is 16.9. The van der Waals surface area contributed by atoms with Crippen molar-refractivity contribution in [1.82, 2.24) is 14.3 Å². The van der Waals surface area contributed by atoms with E-state index in [1.165, 1.54) is 12.1 Å². The Balaban J connectivity index is 1.62. The lowest BCUT2D eigenvalue weighted by Crippen LogP contribution is -2.32. The molecule has 1 atom stereocenters. The molecule has 2 aromatic heterocycles. The second-order valence-corrected chi connectivity index (χ2v) is 7.23. The van der Waals surface area contributed by atoms with Gasteiger partial charge in [-0.1, -0.05) is 12.1 Å². The quantitative estimate of drug-likeness (QED) is 0.710. The molecule has 0 N–H and O–H groups in total. The first-order valence-corrected chi connectivity index (χ1v) is 9.22. The Hall–Kier alpha value is -2.89. The van der Waals surface area contributed by atoms with Gasteiger partial charge in [-0.2, -0.15) is 0 Å². The fraction of sp³-hybridized carbons (Fsp3) is 0.333. The topological polar surface area (TPSA) is 40.9 Å². The van der Waals surface area contributed by atoms with Crippen molar-refractivity contribution in [1.29, 1.82) is 0 Å². The summed E-state index contributed by atoms with van der Waals surface area (Å²) in [6, 6.07) is 10.2. The number of carbonyl (C=O) groups excluding carboxylic acids is 1. The summed E-state index contributed by atoms with van der Waals surface area (Å²) in [6.07, 6.45) is 6.18. The number of fused-ring (bicyclic) bond motifs is 1. The van der Waals surface area contributed by atoms with E-state index in [0.717, 1.165) is 42.0 Å². The Morgan fingerprint density at radius 1 is 1.26 bits per heavy atom. The zero-order valence-electron chi connectivity index (χ0n) is 15.6. The third kappa shape index (κ3) is 3.39. The van der Waals surface area contributed by atoms with Crippen molar-refractivity contribution in [3.05, 3.63) is 65.9 Å². The molecular weight excluding hydrogens is 343 g/mol. The number of nitrogens with zero attached hydrogens (tertiary/aromatic N) is 4. The Morgan fingerprint density at radius 3 is 2.78 bits per heavy atom. The fourth-order valence-corrected chi connectivity index (χ4v) is 3.79. The predicted octanol–water partition coefficient (Wildman–Crippen LogP) is 3.45.